The zero-order valence-electron chi connectivity index (χ0n) is 18.0. The van der Waals surface area contributed by atoms with Gasteiger partial charge in [0, 0.05) is 70.3 Å². The third kappa shape index (κ3) is 4.21. The lowest BCUT2D eigenvalue weighted by Gasteiger charge is -2.29. The number of carbonyl (C=O) groups excluding carboxylic acids is 2. The van der Waals surface area contributed by atoms with Gasteiger partial charge in [-0.1, -0.05) is 0 Å². The normalized spacial score (nSPS) is 18.9. The van der Waals surface area contributed by atoms with E-state index >= 15 is 0 Å². The first-order valence-corrected chi connectivity index (χ1v) is 11.2. The molecule has 1 aliphatic carbocycles. The van der Waals surface area contributed by atoms with E-state index in [4.69, 9.17) is 9.84 Å². The van der Waals surface area contributed by atoms with Crippen LogP contribution in [-0.2, 0) is 40.9 Å². The number of aryl methyl sites for hydroxylation is 1. The smallest absolute Gasteiger partial charge is 0.223 e. The topological polar surface area (TPSA) is 98.4 Å². The summed E-state index contributed by atoms with van der Waals surface area (Å²) in [6.45, 7) is 4.43. The second-order valence-corrected chi connectivity index (χ2v) is 8.71. The van der Waals surface area contributed by atoms with Gasteiger partial charge < -0.3 is 19.1 Å². The van der Waals surface area contributed by atoms with Crippen LogP contribution in [0.25, 0.3) is 11.5 Å². The molecule has 2 amide bonds. The Hall–Kier alpha value is -2.75. The number of morpholine rings is 1. The third-order valence-electron chi connectivity index (χ3n) is 6.49. The molecule has 1 saturated heterocycles. The fourth-order valence-corrected chi connectivity index (χ4v) is 4.48. The van der Waals surface area contributed by atoms with E-state index in [1.807, 2.05) is 16.6 Å². The number of aromatic nitrogens is 5. The van der Waals surface area contributed by atoms with Gasteiger partial charge in [-0.25, -0.2) is 0 Å². The van der Waals surface area contributed by atoms with Crippen molar-refractivity contribution in [2.75, 3.05) is 32.8 Å². The molecule has 0 spiro atoms. The van der Waals surface area contributed by atoms with Crippen LogP contribution in [0, 0.1) is 5.92 Å². The molecule has 31 heavy (non-hydrogen) atoms. The predicted octanol–water partition coefficient (Wildman–Crippen LogP) is 0.612. The summed E-state index contributed by atoms with van der Waals surface area (Å²) in [5.74, 6) is 1.53. The zero-order valence-corrected chi connectivity index (χ0v) is 18.0. The van der Waals surface area contributed by atoms with Crippen molar-refractivity contribution >= 4 is 11.8 Å². The van der Waals surface area contributed by atoms with Gasteiger partial charge in [0.2, 0.25) is 11.8 Å². The molecule has 0 atom stereocenters. The molecule has 10 heteroatoms. The Morgan fingerprint density at radius 1 is 1.10 bits per heavy atom. The third-order valence-corrected chi connectivity index (χ3v) is 6.49. The van der Waals surface area contributed by atoms with Crippen molar-refractivity contribution in [3.8, 4) is 11.5 Å². The highest BCUT2D eigenvalue weighted by Gasteiger charge is 2.30. The van der Waals surface area contributed by atoms with E-state index in [0.29, 0.717) is 45.3 Å². The standard InChI is InChI=1S/C21H29N7O3/c1-25-17-6-7-27(19(30)5-4-18(29)26-8-10-31-11-9-26)13-16(17)20(24-25)21-23-22-14-28(21)12-15-2-3-15/h14-15H,2-13H2,1H3. The molecule has 1 saturated carbocycles. The van der Waals surface area contributed by atoms with Gasteiger partial charge in [-0.2, -0.15) is 5.10 Å². The Bertz CT molecular complexity index is 972. The van der Waals surface area contributed by atoms with Crippen LogP contribution >= 0.6 is 0 Å². The summed E-state index contributed by atoms with van der Waals surface area (Å²) in [5, 5.41) is 13.2. The summed E-state index contributed by atoms with van der Waals surface area (Å²) in [6, 6.07) is 0. The van der Waals surface area contributed by atoms with Gasteiger partial charge in [0.1, 0.15) is 12.0 Å². The number of amides is 2. The van der Waals surface area contributed by atoms with Gasteiger partial charge in [-0.3, -0.25) is 14.3 Å². The molecular formula is C21H29N7O3. The van der Waals surface area contributed by atoms with Gasteiger partial charge in [-0.05, 0) is 18.8 Å². The van der Waals surface area contributed by atoms with Crippen LogP contribution in [0.3, 0.4) is 0 Å². The summed E-state index contributed by atoms with van der Waals surface area (Å²) in [7, 11) is 1.95. The molecule has 2 aliphatic heterocycles. The molecule has 10 nitrogen and oxygen atoms in total. The first-order chi connectivity index (χ1) is 15.1. The summed E-state index contributed by atoms with van der Waals surface area (Å²) in [6.07, 6.45) is 5.51. The van der Waals surface area contributed by atoms with Crippen LogP contribution in [0.15, 0.2) is 6.33 Å². The highest BCUT2D eigenvalue weighted by molar-refractivity contribution is 5.84. The summed E-state index contributed by atoms with van der Waals surface area (Å²) in [5.41, 5.74) is 3.01. The van der Waals surface area contributed by atoms with Crippen molar-refractivity contribution in [3.63, 3.8) is 0 Å². The molecule has 0 bridgehead atoms. The van der Waals surface area contributed by atoms with Crippen molar-refractivity contribution < 1.29 is 14.3 Å². The average Bonchev–Trinajstić information content (AvgIpc) is 3.40. The highest BCUT2D eigenvalue weighted by Crippen LogP contribution is 2.33. The lowest BCUT2D eigenvalue weighted by molar-refractivity contribution is -0.139. The lowest BCUT2D eigenvalue weighted by Crippen LogP contribution is -2.41. The Balaban J connectivity index is 1.27. The monoisotopic (exact) mass is 427 g/mol. The van der Waals surface area contributed by atoms with E-state index in [1.165, 1.54) is 12.8 Å². The molecule has 0 radical (unpaired) electrons. The average molecular weight is 428 g/mol. The number of hydrogen-bond donors (Lipinski definition) is 0. The van der Waals surface area contributed by atoms with Gasteiger partial charge in [-0.15, -0.1) is 10.2 Å². The molecule has 2 aromatic rings. The maximum atomic E-state index is 12.9. The van der Waals surface area contributed by atoms with Gasteiger partial charge in [0.15, 0.2) is 5.82 Å². The van der Waals surface area contributed by atoms with Crippen molar-refractivity contribution in [1.29, 1.82) is 0 Å². The number of ether oxygens (including phenoxy) is 1. The molecule has 4 heterocycles. The van der Waals surface area contributed by atoms with Crippen LogP contribution < -0.4 is 0 Å². The van der Waals surface area contributed by atoms with Crippen LogP contribution in [-0.4, -0.2) is 79.0 Å². The summed E-state index contributed by atoms with van der Waals surface area (Å²) in [4.78, 5) is 28.9. The molecule has 0 unspecified atom stereocenters. The van der Waals surface area contributed by atoms with E-state index in [9.17, 15) is 9.59 Å². The Kier molecular flexibility index (Phi) is 5.47. The van der Waals surface area contributed by atoms with E-state index < -0.39 is 0 Å². The van der Waals surface area contributed by atoms with E-state index in [1.54, 1.807) is 11.2 Å². The SMILES string of the molecule is Cn1nc(-c2nncn2CC2CC2)c2c1CCN(C(=O)CCC(=O)N1CCOCC1)C2. The largest absolute Gasteiger partial charge is 0.378 e. The second kappa shape index (κ2) is 8.41. The maximum Gasteiger partial charge on any atom is 0.223 e. The van der Waals surface area contributed by atoms with E-state index in [0.717, 1.165) is 35.7 Å². The van der Waals surface area contributed by atoms with Gasteiger partial charge in [0.05, 0.1) is 13.2 Å². The van der Waals surface area contributed by atoms with Crippen LogP contribution in [0.5, 0.6) is 0 Å². The number of rotatable bonds is 6. The quantitative estimate of drug-likeness (QED) is 0.670. The first-order valence-electron chi connectivity index (χ1n) is 11.2. The zero-order chi connectivity index (χ0) is 21.4. The molecule has 0 N–H and O–H groups in total. The first kappa shape index (κ1) is 20.2. The van der Waals surface area contributed by atoms with Crippen molar-refractivity contribution in [2.45, 2.75) is 45.2 Å². The van der Waals surface area contributed by atoms with Crippen LogP contribution in [0.1, 0.15) is 36.9 Å². The van der Waals surface area contributed by atoms with Crippen molar-refractivity contribution in [2.24, 2.45) is 13.0 Å². The van der Waals surface area contributed by atoms with E-state index in [2.05, 4.69) is 14.8 Å². The van der Waals surface area contributed by atoms with E-state index in [-0.39, 0.29) is 24.7 Å². The Labute approximate surface area is 181 Å². The minimum Gasteiger partial charge on any atom is -0.378 e. The molecular weight excluding hydrogens is 398 g/mol. The summed E-state index contributed by atoms with van der Waals surface area (Å²) < 4.78 is 9.29. The van der Waals surface area contributed by atoms with Crippen LogP contribution in [0.4, 0.5) is 0 Å². The van der Waals surface area contributed by atoms with Gasteiger partial charge in [0.25, 0.3) is 0 Å². The number of carbonyl (C=O) groups is 2. The maximum absolute atomic E-state index is 12.9. The molecule has 5 rings (SSSR count). The second-order valence-electron chi connectivity index (χ2n) is 8.71. The molecule has 2 fully saturated rings. The predicted molar refractivity (Wildman–Crippen MR) is 111 cm³/mol. The molecule has 3 aliphatic rings. The number of fused-ring (bicyclic) bond motifs is 1. The Morgan fingerprint density at radius 2 is 1.84 bits per heavy atom. The molecule has 2 aromatic heterocycles. The van der Waals surface area contributed by atoms with Gasteiger partial charge >= 0.3 is 0 Å². The van der Waals surface area contributed by atoms with Crippen molar-refractivity contribution in [1.82, 2.24) is 34.3 Å². The lowest BCUT2D eigenvalue weighted by atomic mass is 10.0. The fraction of sp³-hybridized carbons (Fsp3) is 0.667. The fourth-order valence-electron chi connectivity index (χ4n) is 4.48. The molecule has 0 aromatic carbocycles. The van der Waals surface area contributed by atoms with Crippen LogP contribution in [0.2, 0.25) is 0 Å². The molecule has 166 valence electrons. The summed E-state index contributed by atoms with van der Waals surface area (Å²) >= 11 is 0. The number of hydrogen-bond acceptors (Lipinski definition) is 6. The Morgan fingerprint density at radius 3 is 2.58 bits per heavy atom. The highest BCUT2D eigenvalue weighted by atomic mass is 16.5. The minimum absolute atomic E-state index is 0.0153. The number of nitrogens with zero attached hydrogens (tertiary/aromatic N) is 7. The van der Waals surface area contributed by atoms with Crippen molar-refractivity contribution in [3.05, 3.63) is 17.6 Å². The minimum atomic E-state index is 0.0153.